The Morgan fingerprint density at radius 1 is 1.70 bits per heavy atom. The average Bonchev–Trinajstić information content (AvgIpc) is 2.70. The summed E-state index contributed by atoms with van der Waals surface area (Å²) in [6, 6.07) is 1.77. The van der Waals surface area contributed by atoms with Crippen LogP contribution >= 0.6 is 0 Å². The van der Waals surface area contributed by atoms with E-state index in [0.29, 0.717) is 0 Å². The Balaban J connectivity index is 2.40. The highest BCUT2D eigenvalue weighted by Crippen LogP contribution is 2.33. The first-order valence-corrected chi connectivity index (χ1v) is 3.13. The van der Waals surface area contributed by atoms with Gasteiger partial charge < -0.3 is 10.6 Å². The van der Waals surface area contributed by atoms with Crippen LogP contribution in [0.4, 0.5) is 4.79 Å². The highest BCUT2D eigenvalue weighted by Gasteiger charge is 2.44. The molecule has 0 radical (unpaired) electrons. The molecular weight excluding hydrogens is 130 g/mol. The van der Waals surface area contributed by atoms with E-state index >= 15 is 0 Å². The van der Waals surface area contributed by atoms with Crippen LogP contribution in [0.15, 0.2) is 0 Å². The molecule has 1 fully saturated rings. The smallest absolute Gasteiger partial charge is 0.315 e. The Bertz CT molecular complexity index is 190. The summed E-state index contributed by atoms with van der Waals surface area (Å²) in [4.78, 5) is 10.7. The van der Waals surface area contributed by atoms with Crippen molar-refractivity contribution in [3.63, 3.8) is 0 Å². The average molecular weight is 139 g/mol. The van der Waals surface area contributed by atoms with E-state index in [1.807, 2.05) is 6.07 Å². The molecule has 10 heavy (non-hydrogen) atoms. The van der Waals surface area contributed by atoms with Gasteiger partial charge in [0, 0.05) is 7.05 Å². The fourth-order valence-corrected chi connectivity index (χ4v) is 0.670. The molecule has 2 N–H and O–H groups in total. The van der Waals surface area contributed by atoms with Crippen LogP contribution in [0.2, 0.25) is 0 Å². The van der Waals surface area contributed by atoms with Gasteiger partial charge in [0.25, 0.3) is 0 Å². The van der Waals surface area contributed by atoms with Gasteiger partial charge in [-0.3, -0.25) is 0 Å². The quantitative estimate of drug-likeness (QED) is 0.535. The van der Waals surface area contributed by atoms with Gasteiger partial charge in [0.2, 0.25) is 0 Å². The van der Waals surface area contributed by atoms with Gasteiger partial charge in [-0.05, 0) is 12.8 Å². The minimum absolute atomic E-state index is 0.279. The third kappa shape index (κ3) is 1.18. The van der Waals surface area contributed by atoms with Crippen LogP contribution in [-0.2, 0) is 0 Å². The van der Waals surface area contributed by atoms with Crippen LogP contribution in [0.3, 0.4) is 0 Å². The molecule has 4 heteroatoms. The second-order valence-corrected chi connectivity index (χ2v) is 2.40. The third-order valence-corrected chi connectivity index (χ3v) is 1.54. The number of carbonyl (C=O) groups excluding carboxylic acids is 1. The van der Waals surface area contributed by atoms with Gasteiger partial charge in [-0.15, -0.1) is 0 Å². The number of hydrogen-bond acceptors (Lipinski definition) is 2. The molecule has 0 aromatic heterocycles. The Morgan fingerprint density at radius 3 is 2.60 bits per heavy atom. The van der Waals surface area contributed by atoms with Crippen LogP contribution in [0.1, 0.15) is 12.8 Å². The van der Waals surface area contributed by atoms with Crippen molar-refractivity contribution in [1.82, 2.24) is 10.6 Å². The highest BCUT2D eigenvalue weighted by molar-refractivity contribution is 5.75. The minimum Gasteiger partial charge on any atom is -0.341 e. The van der Waals surface area contributed by atoms with Gasteiger partial charge in [-0.2, -0.15) is 5.26 Å². The molecule has 0 aliphatic heterocycles. The zero-order chi connectivity index (χ0) is 7.61. The van der Waals surface area contributed by atoms with E-state index in [0.717, 1.165) is 12.8 Å². The van der Waals surface area contributed by atoms with Gasteiger partial charge in [0.05, 0.1) is 6.07 Å². The first kappa shape index (κ1) is 6.87. The van der Waals surface area contributed by atoms with Crippen LogP contribution < -0.4 is 10.6 Å². The lowest BCUT2D eigenvalue weighted by atomic mass is 10.3. The molecule has 2 amide bonds. The van der Waals surface area contributed by atoms with E-state index in [-0.39, 0.29) is 6.03 Å². The van der Waals surface area contributed by atoms with Crippen LogP contribution in [0.5, 0.6) is 0 Å². The van der Waals surface area contributed by atoms with E-state index in [4.69, 9.17) is 5.26 Å². The molecule has 0 unspecified atom stereocenters. The van der Waals surface area contributed by atoms with Crippen LogP contribution in [0.25, 0.3) is 0 Å². The molecule has 54 valence electrons. The van der Waals surface area contributed by atoms with Gasteiger partial charge in [0.15, 0.2) is 0 Å². The summed E-state index contributed by atoms with van der Waals surface area (Å²) in [5, 5.41) is 13.5. The number of nitriles is 1. The monoisotopic (exact) mass is 139 g/mol. The lowest BCUT2D eigenvalue weighted by Crippen LogP contribution is -2.41. The molecule has 0 aromatic rings. The summed E-state index contributed by atoms with van der Waals surface area (Å²) in [5.41, 5.74) is -0.542. The molecule has 0 aromatic carbocycles. The number of rotatable bonds is 1. The molecule has 0 atom stereocenters. The van der Waals surface area contributed by atoms with Gasteiger partial charge in [-0.1, -0.05) is 0 Å². The van der Waals surface area contributed by atoms with E-state index in [1.54, 1.807) is 0 Å². The van der Waals surface area contributed by atoms with Crippen LogP contribution in [0, 0.1) is 11.3 Å². The minimum atomic E-state index is -0.542. The SMILES string of the molecule is CNC(=O)NC1(C#N)CC1. The summed E-state index contributed by atoms with van der Waals surface area (Å²) >= 11 is 0. The van der Waals surface area contributed by atoms with Gasteiger partial charge in [0.1, 0.15) is 5.54 Å². The summed E-state index contributed by atoms with van der Waals surface area (Å²) in [6.45, 7) is 0. The van der Waals surface area contributed by atoms with Crippen LogP contribution in [-0.4, -0.2) is 18.6 Å². The zero-order valence-corrected chi connectivity index (χ0v) is 5.77. The van der Waals surface area contributed by atoms with E-state index in [9.17, 15) is 4.79 Å². The van der Waals surface area contributed by atoms with E-state index in [1.165, 1.54) is 7.05 Å². The summed E-state index contributed by atoms with van der Waals surface area (Å²) < 4.78 is 0. The predicted molar refractivity (Wildman–Crippen MR) is 35.2 cm³/mol. The second kappa shape index (κ2) is 2.18. The Morgan fingerprint density at radius 2 is 2.30 bits per heavy atom. The van der Waals surface area contributed by atoms with E-state index < -0.39 is 5.54 Å². The number of hydrogen-bond donors (Lipinski definition) is 2. The molecule has 1 rings (SSSR count). The first-order chi connectivity index (χ1) is 4.72. The van der Waals surface area contributed by atoms with E-state index in [2.05, 4.69) is 10.6 Å². The van der Waals surface area contributed by atoms with Crippen molar-refractivity contribution < 1.29 is 4.79 Å². The van der Waals surface area contributed by atoms with Crippen molar-refractivity contribution in [2.75, 3.05) is 7.05 Å². The first-order valence-electron chi connectivity index (χ1n) is 3.13. The van der Waals surface area contributed by atoms with Gasteiger partial charge in [-0.25, -0.2) is 4.79 Å². The summed E-state index contributed by atoms with van der Waals surface area (Å²) in [5.74, 6) is 0. The molecule has 0 saturated heterocycles. The standard InChI is InChI=1S/C6H9N3O/c1-8-5(10)9-6(4-7)2-3-6/h2-3H2,1H3,(H2,8,9,10). The Hall–Kier alpha value is -1.24. The maximum absolute atomic E-state index is 10.7. The molecule has 1 saturated carbocycles. The predicted octanol–water partition coefficient (Wildman–Crippen LogP) is -0.0284. The van der Waals surface area contributed by atoms with Crippen molar-refractivity contribution in [3.8, 4) is 6.07 Å². The lowest BCUT2D eigenvalue weighted by Gasteiger charge is -2.06. The molecule has 1 aliphatic rings. The normalized spacial score (nSPS) is 18.8. The molecule has 4 nitrogen and oxygen atoms in total. The summed E-state index contributed by atoms with van der Waals surface area (Å²) in [6.07, 6.45) is 1.55. The Labute approximate surface area is 59.2 Å². The zero-order valence-electron chi connectivity index (χ0n) is 5.77. The van der Waals surface area contributed by atoms with Crippen molar-refractivity contribution in [2.24, 2.45) is 0 Å². The molecule has 0 bridgehead atoms. The number of amides is 2. The lowest BCUT2D eigenvalue weighted by molar-refractivity contribution is 0.240. The highest BCUT2D eigenvalue weighted by atomic mass is 16.2. The number of urea groups is 1. The van der Waals surface area contributed by atoms with Crippen molar-refractivity contribution in [2.45, 2.75) is 18.4 Å². The number of nitrogens with one attached hydrogen (secondary N) is 2. The molecule has 0 spiro atoms. The van der Waals surface area contributed by atoms with Crippen molar-refractivity contribution >= 4 is 6.03 Å². The van der Waals surface area contributed by atoms with Crippen molar-refractivity contribution in [3.05, 3.63) is 0 Å². The van der Waals surface area contributed by atoms with Crippen molar-refractivity contribution in [1.29, 1.82) is 5.26 Å². The Kier molecular flexibility index (Phi) is 1.50. The second-order valence-electron chi connectivity index (χ2n) is 2.40. The maximum Gasteiger partial charge on any atom is 0.315 e. The molecule has 0 heterocycles. The fraction of sp³-hybridized carbons (Fsp3) is 0.667. The maximum atomic E-state index is 10.7. The topological polar surface area (TPSA) is 64.9 Å². The fourth-order valence-electron chi connectivity index (χ4n) is 0.670. The number of carbonyl (C=O) groups is 1. The summed E-state index contributed by atoms with van der Waals surface area (Å²) in [7, 11) is 1.53. The van der Waals surface area contributed by atoms with Gasteiger partial charge >= 0.3 is 6.03 Å². The third-order valence-electron chi connectivity index (χ3n) is 1.54. The molecular formula is C6H9N3O. The number of nitrogens with zero attached hydrogens (tertiary/aromatic N) is 1. The molecule has 1 aliphatic carbocycles. The largest absolute Gasteiger partial charge is 0.341 e.